The molecule has 142 valence electrons. The molecule has 3 rings (SSSR count). The molecular formula is C18H23NO6S. The first-order chi connectivity index (χ1) is 12.3. The topological polar surface area (TPSA) is 90.0 Å². The molecule has 2 aliphatic rings. The lowest BCUT2D eigenvalue weighted by Gasteiger charge is -2.28. The van der Waals surface area contributed by atoms with Crippen LogP contribution in [0.25, 0.3) is 0 Å². The SMILES string of the molecule is COc1ccc(C)cc1C(=O)OCC(=O)N(C1CC1)[C@@H]1CCS(=O)(=O)C1. The van der Waals surface area contributed by atoms with Crippen LogP contribution >= 0.6 is 0 Å². The monoisotopic (exact) mass is 381 g/mol. The molecule has 0 bridgehead atoms. The van der Waals surface area contributed by atoms with Crippen molar-refractivity contribution >= 4 is 21.7 Å². The van der Waals surface area contributed by atoms with E-state index in [1.165, 1.54) is 7.11 Å². The zero-order valence-corrected chi connectivity index (χ0v) is 15.8. The van der Waals surface area contributed by atoms with Crippen molar-refractivity contribution in [1.29, 1.82) is 0 Å². The van der Waals surface area contributed by atoms with Gasteiger partial charge in [0.2, 0.25) is 0 Å². The van der Waals surface area contributed by atoms with E-state index in [1.807, 2.05) is 13.0 Å². The Morgan fingerprint density at radius 3 is 2.50 bits per heavy atom. The van der Waals surface area contributed by atoms with Crippen molar-refractivity contribution in [2.45, 2.75) is 38.3 Å². The van der Waals surface area contributed by atoms with Crippen LogP contribution in [-0.2, 0) is 19.4 Å². The zero-order chi connectivity index (χ0) is 18.9. The van der Waals surface area contributed by atoms with E-state index < -0.39 is 22.4 Å². The molecule has 1 amide bonds. The summed E-state index contributed by atoms with van der Waals surface area (Å²) in [6.07, 6.45) is 2.17. The first kappa shape index (κ1) is 18.7. The van der Waals surface area contributed by atoms with E-state index in [0.717, 1.165) is 18.4 Å². The van der Waals surface area contributed by atoms with Crippen molar-refractivity contribution in [3.05, 3.63) is 29.3 Å². The summed E-state index contributed by atoms with van der Waals surface area (Å²) in [4.78, 5) is 26.6. The van der Waals surface area contributed by atoms with Crippen LogP contribution in [0.1, 0.15) is 35.2 Å². The summed E-state index contributed by atoms with van der Waals surface area (Å²) in [7, 11) is -1.63. The molecule has 0 radical (unpaired) electrons. The number of ether oxygens (including phenoxy) is 2. The van der Waals surface area contributed by atoms with E-state index in [0.29, 0.717) is 12.2 Å². The maximum atomic E-state index is 12.6. The third-order valence-electron chi connectivity index (χ3n) is 4.73. The number of carbonyl (C=O) groups excluding carboxylic acids is 2. The highest BCUT2D eigenvalue weighted by molar-refractivity contribution is 7.91. The minimum Gasteiger partial charge on any atom is -0.496 e. The number of carbonyl (C=O) groups is 2. The highest BCUT2D eigenvalue weighted by atomic mass is 32.2. The molecule has 26 heavy (non-hydrogen) atoms. The molecule has 1 atom stereocenters. The number of amides is 1. The largest absolute Gasteiger partial charge is 0.496 e. The Balaban J connectivity index is 1.65. The van der Waals surface area contributed by atoms with Gasteiger partial charge in [-0.1, -0.05) is 11.6 Å². The number of methoxy groups -OCH3 is 1. The lowest BCUT2D eigenvalue weighted by Crippen LogP contribution is -2.44. The first-order valence-corrected chi connectivity index (χ1v) is 10.5. The summed E-state index contributed by atoms with van der Waals surface area (Å²) in [6, 6.07) is 4.89. The van der Waals surface area contributed by atoms with Crippen molar-refractivity contribution < 1.29 is 27.5 Å². The van der Waals surface area contributed by atoms with Crippen LogP contribution in [-0.4, -0.2) is 62.5 Å². The van der Waals surface area contributed by atoms with Crippen molar-refractivity contribution in [2.24, 2.45) is 0 Å². The van der Waals surface area contributed by atoms with Gasteiger partial charge in [-0.05, 0) is 38.3 Å². The van der Waals surface area contributed by atoms with Crippen LogP contribution in [0.15, 0.2) is 18.2 Å². The molecule has 1 aromatic carbocycles. The van der Waals surface area contributed by atoms with E-state index in [1.54, 1.807) is 17.0 Å². The maximum absolute atomic E-state index is 12.6. The van der Waals surface area contributed by atoms with Crippen LogP contribution in [0.5, 0.6) is 5.75 Å². The lowest BCUT2D eigenvalue weighted by atomic mass is 10.1. The molecule has 0 aromatic heterocycles. The number of aryl methyl sites for hydroxylation is 1. The number of hydrogen-bond acceptors (Lipinski definition) is 6. The molecule has 0 spiro atoms. The van der Waals surface area contributed by atoms with Crippen LogP contribution in [0.2, 0.25) is 0 Å². The second-order valence-corrected chi connectivity index (χ2v) is 9.10. The zero-order valence-electron chi connectivity index (χ0n) is 14.9. The van der Waals surface area contributed by atoms with Gasteiger partial charge in [0.1, 0.15) is 11.3 Å². The van der Waals surface area contributed by atoms with Crippen LogP contribution in [0.3, 0.4) is 0 Å². The van der Waals surface area contributed by atoms with Crippen molar-refractivity contribution in [2.75, 3.05) is 25.2 Å². The minimum absolute atomic E-state index is 0.00507. The number of rotatable bonds is 6. The standard InChI is InChI=1S/C18H23NO6S/c1-12-3-6-16(24-2)15(9-12)18(21)25-10-17(20)19(13-4-5-13)14-7-8-26(22,23)11-14/h3,6,9,13-14H,4-5,7-8,10-11H2,1-2H3/t14-/m1/s1. The number of sulfone groups is 1. The number of benzene rings is 1. The number of esters is 1. The molecule has 1 heterocycles. The Bertz CT molecular complexity index is 815. The van der Waals surface area contributed by atoms with Gasteiger partial charge in [-0.15, -0.1) is 0 Å². The lowest BCUT2D eigenvalue weighted by molar-refractivity contribution is -0.137. The summed E-state index contributed by atoms with van der Waals surface area (Å²) < 4.78 is 33.8. The molecule has 8 heteroatoms. The minimum atomic E-state index is -3.09. The fourth-order valence-electron chi connectivity index (χ4n) is 3.31. The highest BCUT2D eigenvalue weighted by Crippen LogP contribution is 2.32. The van der Waals surface area contributed by atoms with E-state index in [4.69, 9.17) is 9.47 Å². The Labute approximate surface area is 153 Å². The van der Waals surface area contributed by atoms with Crippen molar-refractivity contribution in [3.8, 4) is 5.75 Å². The molecule has 1 aromatic rings. The number of hydrogen-bond donors (Lipinski definition) is 0. The maximum Gasteiger partial charge on any atom is 0.342 e. The van der Waals surface area contributed by atoms with Gasteiger partial charge >= 0.3 is 5.97 Å². The Hall–Kier alpha value is -2.09. The van der Waals surface area contributed by atoms with Crippen LogP contribution in [0, 0.1) is 6.92 Å². The molecule has 1 saturated carbocycles. The van der Waals surface area contributed by atoms with Crippen LogP contribution in [0.4, 0.5) is 0 Å². The van der Waals surface area contributed by atoms with Crippen molar-refractivity contribution in [1.82, 2.24) is 4.90 Å². The number of nitrogens with zero attached hydrogens (tertiary/aromatic N) is 1. The second kappa shape index (κ2) is 7.26. The smallest absolute Gasteiger partial charge is 0.342 e. The molecule has 2 fully saturated rings. The van der Waals surface area contributed by atoms with Gasteiger partial charge in [0.25, 0.3) is 5.91 Å². The third kappa shape index (κ3) is 4.17. The van der Waals surface area contributed by atoms with Gasteiger partial charge < -0.3 is 14.4 Å². The van der Waals surface area contributed by atoms with Gasteiger partial charge in [0.05, 0.1) is 18.6 Å². The van der Waals surface area contributed by atoms with Gasteiger partial charge in [0, 0.05) is 12.1 Å². The summed E-state index contributed by atoms with van der Waals surface area (Å²) in [5.41, 5.74) is 1.14. The van der Waals surface area contributed by atoms with Crippen molar-refractivity contribution in [3.63, 3.8) is 0 Å². The average Bonchev–Trinajstić information content (AvgIpc) is 3.36. The Morgan fingerprint density at radius 1 is 1.19 bits per heavy atom. The quantitative estimate of drug-likeness (QED) is 0.691. The van der Waals surface area contributed by atoms with E-state index in [2.05, 4.69) is 0 Å². The van der Waals surface area contributed by atoms with Gasteiger partial charge in [0.15, 0.2) is 16.4 Å². The Kier molecular flexibility index (Phi) is 5.22. The average molecular weight is 381 g/mol. The molecule has 0 unspecified atom stereocenters. The molecule has 1 saturated heterocycles. The summed E-state index contributed by atoms with van der Waals surface area (Å²) >= 11 is 0. The summed E-state index contributed by atoms with van der Waals surface area (Å²) in [6.45, 7) is 1.44. The fraction of sp³-hybridized carbons (Fsp3) is 0.556. The predicted octanol–water partition coefficient (Wildman–Crippen LogP) is 1.34. The molecule has 0 N–H and O–H groups in total. The Morgan fingerprint density at radius 2 is 1.92 bits per heavy atom. The predicted molar refractivity (Wildman–Crippen MR) is 94.9 cm³/mol. The van der Waals surface area contributed by atoms with Crippen LogP contribution < -0.4 is 4.74 Å². The normalized spacial score (nSPS) is 21.2. The molecular weight excluding hydrogens is 358 g/mol. The van der Waals surface area contributed by atoms with E-state index in [-0.39, 0.29) is 35.1 Å². The summed E-state index contributed by atoms with van der Waals surface area (Å²) in [5.74, 6) is -0.485. The van der Waals surface area contributed by atoms with Gasteiger partial charge in [-0.25, -0.2) is 13.2 Å². The second-order valence-electron chi connectivity index (χ2n) is 6.87. The third-order valence-corrected chi connectivity index (χ3v) is 6.48. The molecule has 1 aliphatic carbocycles. The van der Waals surface area contributed by atoms with E-state index in [9.17, 15) is 18.0 Å². The molecule has 7 nitrogen and oxygen atoms in total. The fourth-order valence-corrected chi connectivity index (χ4v) is 5.03. The molecule has 1 aliphatic heterocycles. The van der Waals surface area contributed by atoms with Gasteiger partial charge in [-0.3, -0.25) is 4.79 Å². The van der Waals surface area contributed by atoms with E-state index >= 15 is 0 Å². The first-order valence-electron chi connectivity index (χ1n) is 8.64. The summed E-state index contributed by atoms with van der Waals surface area (Å²) in [5, 5.41) is 0. The highest BCUT2D eigenvalue weighted by Gasteiger charge is 2.42. The van der Waals surface area contributed by atoms with Gasteiger partial charge in [-0.2, -0.15) is 0 Å².